The molecule has 0 saturated carbocycles. The maximum Gasteiger partial charge on any atom is -0.0132 e. The minimum Gasteiger partial charge on any atom is -0.553 e. The van der Waals surface area contributed by atoms with Crippen LogP contribution >= 0.6 is 113 Å². The summed E-state index contributed by atoms with van der Waals surface area (Å²) in [7, 11) is 26.5. The first-order valence-corrected chi connectivity index (χ1v) is 26.7. The third-order valence-electron chi connectivity index (χ3n) is 0.945. The molecule has 0 spiro atoms. The molecule has 0 aromatic heterocycles. The highest BCUT2D eigenvalue weighted by atomic mass is 33.3. The van der Waals surface area contributed by atoms with E-state index in [2.05, 4.69) is 71.4 Å². The van der Waals surface area contributed by atoms with Gasteiger partial charge < -0.3 is 33.8 Å². The summed E-state index contributed by atoms with van der Waals surface area (Å²) in [5, 5.41) is 0. The smallest absolute Gasteiger partial charge is 0.0132 e. The fourth-order valence-corrected chi connectivity index (χ4v) is 138. The lowest BCUT2D eigenvalue weighted by molar-refractivity contribution is 4.58. The average molecular weight is 447 g/mol. The summed E-state index contributed by atoms with van der Waals surface area (Å²) >= 11 is 0. The summed E-state index contributed by atoms with van der Waals surface area (Å²) in [5.74, 6) is 0. The van der Waals surface area contributed by atoms with Crippen LogP contribution in [0.4, 0.5) is 0 Å². The zero-order chi connectivity index (χ0) is 11.5. The van der Waals surface area contributed by atoms with Gasteiger partial charge in [-0.05, 0) is 21.0 Å². The van der Waals surface area contributed by atoms with Crippen molar-refractivity contribution in [3.8, 4) is 0 Å². The van der Waals surface area contributed by atoms with Crippen molar-refractivity contribution in [2.75, 3.05) is 0 Å². The van der Waals surface area contributed by atoms with Gasteiger partial charge >= 0.3 is 0 Å². The predicted molar refractivity (Wildman–Crippen MR) is 115 cm³/mol. The topological polar surface area (TPSA) is 0 Å². The highest BCUT2D eigenvalue weighted by Crippen LogP contribution is 3.21. The van der Waals surface area contributed by atoms with Crippen molar-refractivity contribution in [3.63, 3.8) is 0 Å². The Morgan fingerprint density at radius 3 is 1.07 bits per heavy atom. The number of rotatable bonds is 5. The van der Waals surface area contributed by atoms with Gasteiger partial charge in [0.2, 0.25) is 0 Å². The minimum absolute atomic E-state index is 0.0322. The predicted octanol–water partition coefficient (Wildman–Crippen LogP) is 8.58. The minimum atomic E-state index is -0.164. The van der Waals surface area contributed by atoms with Gasteiger partial charge in [0.25, 0.3) is 0 Å². The van der Waals surface area contributed by atoms with Crippen LogP contribution in [-0.2, 0) is 0 Å². The molecule has 14 heteroatoms. The molecule has 0 aromatic carbocycles. The summed E-state index contributed by atoms with van der Waals surface area (Å²) < 4.78 is 0. The molecule has 0 saturated heterocycles. The molecule has 0 fully saturated rings. The first kappa shape index (κ1) is 20.0. The Bertz CT molecular complexity index is 108. The monoisotopic (exact) mass is 447 g/mol. The Hall–Kier alpha value is 6.02. The molecule has 0 rings (SSSR count). The van der Waals surface area contributed by atoms with Crippen molar-refractivity contribution in [1.29, 1.82) is 0 Å². The summed E-state index contributed by atoms with van der Waals surface area (Å²) in [6, 6.07) is 0. The Morgan fingerprint density at radius 1 is 0.643 bits per heavy atom. The Balaban J connectivity index is 4.74. The molecule has 14 heavy (non-hydrogen) atoms. The van der Waals surface area contributed by atoms with Crippen LogP contribution in [0.25, 0.3) is 0 Å². The van der Waals surface area contributed by atoms with Gasteiger partial charge in [-0.25, -0.2) is 6.99 Å². The quantitative estimate of drug-likeness (QED) is 0.371. The molecule has 0 radical (unpaired) electrons. The van der Waals surface area contributed by atoms with Gasteiger partial charge in [-0.15, -0.1) is 51.6 Å². The van der Waals surface area contributed by atoms with Gasteiger partial charge in [0.1, 0.15) is 0 Å². The zero-order valence-corrected chi connectivity index (χ0v) is 21.2. The SMILES string of the molecule is [PH-]P([PH-])P(P([PH-])P)P(P(P)P)P(P)P. The third kappa shape index (κ3) is 7.71. The van der Waals surface area contributed by atoms with Crippen LogP contribution in [0.2, 0.25) is 0 Å². The van der Waals surface area contributed by atoms with Gasteiger partial charge in [0.05, 0.1) is 0 Å². The lowest BCUT2D eigenvalue weighted by atomic mass is 28.6. The molecule has 0 N–H and O–H groups in total. The second-order valence-corrected chi connectivity index (χ2v) is 52.7. The lowest BCUT2D eigenvalue weighted by Gasteiger charge is -2.52. The molecule has 0 aliphatic heterocycles. The van der Waals surface area contributed by atoms with Crippen LogP contribution in [0.15, 0.2) is 0 Å². The molecular weight excluding hydrogens is 434 g/mol. The molecule has 0 aromatic rings. The van der Waals surface area contributed by atoms with Gasteiger partial charge in [-0.2, -0.15) is 0 Å². The molecular formula is H13P14-3. The maximum absolute atomic E-state index is 3.84. The number of hydrogen-bond donors (Lipinski definition) is 0. The van der Waals surface area contributed by atoms with Crippen molar-refractivity contribution >= 4 is 113 Å². The summed E-state index contributed by atoms with van der Waals surface area (Å²) in [6.07, 6.45) is 0. The van der Waals surface area contributed by atoms with Crippen LogP contribution in [0, 0.1) is 0 Å². The van der Waals surface area contributed by atoms with E-state index in [1.165, 1.54) is 0 Å². The second kappa shape index (κ2) is 10.7. The summed E-state index contributed by atoms with van der Waals surface area (Å²) in [6.45, 7) is -0.0134. The average Bonchev–Trinajstić information content (AvgIpc) is 1.96. The van der Waals surface area contributed by atoms with Crippen molar-refractivity contribution in [3.05, 3.63) is 0 Å². The molecule has 0 aliphatic rings. The Labute approximate surface area is 113 Å². The van der Waals surface area contributed by atoms with Crippen LogP contribution in [0.5, 0.6) is 0 Å². The van der Waals surface area contributed by atoms with Gasteiger partial charge in [0.15, 0.2) is 0 Å². The van der Waals surface area contributed by atoms with E-state index in [1.54, 1.807) is 0 Å². The van der Waals surface area contributed by atoms with Crippen molar-refractivity contribution < 1.29 is 0 Å². The lowest BCUT2D eigenvalue weighted by Crippen LogP contribution is -1.48. The van der Waals surface area contributed by atoms with Gasteiger partial charge in [-0.1, -0.05) is 0 Å². The normalized spacial score (nSPS) is 17.1. The number of hydrogen-bond acceptors (Lipinski definition) is 0. The van der Waals surface area contributed by atoms with E-state index in [1.807, 2.05) is 0 Å². The highest BCUT2D eigenvalue weighted by molar-refractivity contribution is 9.27. The molecule has 0 amide bonds. The molecule has 86 valence electrons. The molecule has 0 aliphatic carbocycles. The molecule has 0 heterocycles. The van der Waals surface area contributed by atoms with Crippen molar-refractivity contribution in [2.45, 2.75) is 0 Å². The Morgan fingerprint density at radius 2 is 1.00 bits per heavy atom. The van der Waals surface area contributed by atoms with Crippen LogP contribution in [-0.4, -0.2) is 0 Å². The van der Waals surface area contributed by atoms with Crippen molar-refractivity contribution in [2.24, 2.45) is 0 Å². The van der Waals surface area contributed by atoms with Gasteiger partial charge in [-0.3, -0.25) is 0 Å². The van der Waals surface area contributed by atoms with E-state index in [0.717, 1.165) is 0 Å². The van der Waals surface area contributed by atoms with Gasteiger partial charge in [0, 0.05) is 0 Å². The fraction of sp³-hybridized carbons (Fsp3) is 0. The second-order valence-electron chi connectivity index (χ2n) is 1.95. The zero-order valence-electron chi connectivity index (χ0n) is 7.07. The van der Waals surface area contributed by atoms with E-state index in [4.69, 9.17) is 0 Å². The van der Waals surface area contributed by atoms with E-state index < -0.39 is 0 Å². The highest BCUT2D eigenvalue weighted by Gasteiger charge is 2.24. The Kier molecular flexibility index (Phi) is 15.3. The first-order chi connectivity index (χ1) is 6.29. The van der Waals surface area contributed by atoms with E-state index in [0.29, 0.717) is 0 Å². The van der Waals surface area contributed by atoms with Crippen molar-refractivity contribution in [1.82, 2.24) is 0 Å². The van der Waals surface area contributed by atoms with E-state index in [-0.39, 0.29) is 41.9 Å². The van der Waals surface area contributed by atoms with Crippen LogP contribution < -0.4 is 0 Å². The fourth-order valence-electron chi connectivity index (χ4n) is 0.567. The largest absolute Gasteiger partial charge is 0.553 e. The van der Waals surface area contributed by atoms with Crippen LogP contribution in [0.3, 0.4) is 0 Å². The molecule has 7 unspecified atom stereocenters. The third-order valence-corrected chi connectivity index (χ3v) is 76.5. The molecule has 0 bridgehead atoms. The van der Waals surface area contributed by atoms with E-state index >= 15 is 0 Å². The first-order valence-electron chi connectivity index (χ1n) is 2.96. The summed E-state index contributed by atoms with van der Waals surface area (Å²) in [4.78, 5) is 0. The standard InChI is InChI=1S/H13P14/c1-9(2)13(10(3)4)14(11(5)6)12(7)8/h1-3H,4-8H2/q-3. The molecule has 0 nitrogen and oxygen atoms in total. The molecule has 7 atom stereocenters. The maximum atomic E-state index is 3.84. The van der Waals surface area contributed by atoms with E-state index in [9.17, 15) is 0 Å². The summed E-state index contributed by atoms with van der Waals surface area (Å²) in [5.41, 5.74) is 0. The van der Waals surface area contributed by atoms with Crippen LogP contribution in [0.1, 0.15) is 0 Å².